The molecular weight excluding hydrogens is 238 g/mol. The van der Waals surface area contributed by atoms with Crippen molar-refractivity contribution in [3.05, 3.63) is 29.8 Å². The SMILES string of the molecule is CNC(c1cccc(OC(C)C)c1)C1CCCOC1. The van der Waals surface area contributed by atoms with Crippen LogP contribution in [0.4, 0.5) is 0 Å². The van der Waals surface area contributed by atoms with Crippen LogP contribution < -0.4 is 10.1 Å². The molecule has 1 aliphatic rings. The maximum atomic E-state index is 5.78. The highest BCUT2D eigenvalue weighted by molar-refractivity contribution is 5.31. The Morgan fingerprint density at radius 1 is 1.37 bits per heavy atom. The normalized spacial score (nSPS) is 21.4. The zero-order chi connectivity index (χ0) is 13.7. The fourth-order valence-electron chi connectivity index (χ4n) is 2.76. The summed E-state index contributed by atoms with van der Waals surface area (Å²) in [6, 6.07) is 8.75. The quantitative estimate of drug-likeness (QED) is 0.885. The zero-order valence-electron chi connectivity index (χ0n) is 12.2. The molecular formula is C16H25NO2. The third-order valence-electron chi connectivity index (χ3n) is 3.57. The first kappa shape index (κ1) is 14.4. The molecule has 3 nitrogen and oxygen atoms in total. The van der Waals surface area contributed by atoms with Gasteiger partial charge in [0.2, 0.25) is 0 Å². The second-order valence-corrected chi connectivity index (χ2v) is 5.48. The molecule has 2 unspecified atom stereocenters. The van der Waals surface area contributed by atoms with Gasteiger partial charge in [0.1, 0.15) is 5.75 Å². The Morgan fingerprint density at radius 3 is 2.84 bits per heavy atom. The van der Waals surface area contributed by atoms with Gasteiger partial charge < -0.3 is 14.8 Å². The van der Waals surface area contributed by atoms with Gasteiger partial charge in [0, 0.05) is 18.6 Å². The summed E-state index contributed by atoms with van der Waals surface area (Å²) in [5, 5.41) is 3.43. The summed E-state index contributed by atoms with van der Waals surface area (Å²) >= 11 is 0. The molecule has 1 fully saturated rings. The van der Waals surface area contributed by atoms with E-state index in [1.54, 1.807) is 0 Å². The molecule has 19 heavy (non-hydrogen) atoms. The van der Waals surface area contributed by atoms with Crippen molar-refractivity contribution in [1.29, 1.82) is 0 Å². The fourth-order valence-corrected chi connectivity index (χ4v) is 2.76. The largest absolute Gasteiger partial charge is 0.491 e. The average Bonchev–Trinajstić information content (AvgIpc) is 2.40. The van der Waals surface area contributed by atoms with Gasteiger partial charge in [0.25, 0.3) is 0 Å². The molecule has 1 saturated heterocycles. The van der Waals surface area contributed by atoms with Gasteiger partial charge in [-0.25, -0.2) is 0 Å². The van der Waals surface area contributed by atoms with E-state index in [-0.39, 0.29) is 6.10 Å². The van der Waals surface area contributed by atoms with Gasteiger partial charge in [-0.2, -0.15) is 0 Å². The van der Waals surface area contributed by atoms with Gasteiger partial charge in [-0.05, 0) is 51.4 Å². The molecule has 0 radical (unpaired) electrons. The standard InChI is InChI=1S/C16H25NO2/c1-12(2)19-15-8-4-6-13(10-15)16(17-3)14-7-5-9-18-11-14/h4,6,8,10,12,14,16-17H,5,7,9,11H2,1-3H3. The molecule has 2 rings (SSSR count). The molecule has 1 aliphatic heterocycles. The molecule has 106 valence electrons. The molecule has 0 aromatic heterocycles. The maximum Gasteiger partial charge on any atom is 0.120 e. The molecule has 0 aliphatic carbocycles. The lowest BCUT2D eigenvalue weighted by molar-refractivity contribution is 0.0401. The monoisotopic (exact) mass is 263 g/mol. The van der Waals surface area contributed by atoms with Crippen LogP contribution >= 0.6 is 0 Å². The van der Waals surface area contributed by atoms with Crippen molar-refractivity contribution >= 4 is 0 Å². The Balaban J connectivity index is 2.12. The third-order valence-corrected chi connectivity index (χ3v) is 3.57. The lowest BCUT2D eigenvalue weighted by Crippen LogP contribution is -2.31. The fraction of sp³-hybridized carbons (Fsp3) is 0.625. The van der Waals surface area contributed by atoms with Gasteiger partial charge in [-0.15, -0.1) is 0 Å². The first-order chi connectivity index (χ1) is 9.20. The van der Waals surface area contributed by atoms with Crippen LogP contribution in [0.15, 0.2) is 24.3 Å². The lowest BCUT2D eigenvalue weighted by Gasteiger charge is -2.30. The summed E-state index contributed by atoms with van der Waals surface area (Å²) in [7, 11) is 2.02. The predicted octanol–water partition coefficient (Wildman–Crippen LogP) is 3.16. The molecule has 1 heterocycles. The Kier molecular flexibility index (Phi) is 5.23. The Labute approximate surface area is 116 Å². The summed E-state index contributed by atoms with van der Waals surface area (Å²) in [5.41, 5.74) is 1.29. The first-order valence-electron chi connectivity index (χ1n) is 7.22. The number of hydrogen-bond acceptors (Lipinski definition) is 3. The average molecular weight is 263 g/mol. The molecule has 1 aromatic carbocycles. The lowest BCUT2D eigenvalue weighted by atomic mass is 9.89. The Morgan fingerprint density at radius 2 is 2.21 bits per heavy atom. The minimum absolute atomic E-state index is 0.210. The minimum Gasteiger partial charge on any atom is -0.491 e. The van der Waals surface area contributed by atoms with E-state index in [9.17, 15) is 0 Å². The molecule has 0 saturated carbocycles. The third kappa shape index (κ3) is 3.95. The smallest absolute Gasteiger partial charge is 0.120 e. The van der Waals surface area contributed by atoms with Crippen molar-refractivity contribution in [3.8, 4) is 5.75 Å². The Hall–Kier alpha value is -1.06. The maximum absolute atomic E-state index is 5.78. The van der Waals surface area contributed by atoms with E-state index in [1.807, 2.05) is 13.1 Å². The van der Waals surface area contributed by atoms with Crippen LogP contribution in [-0.4, -0.2) is 26.4 Å². The molecule has 1 N–H and O–H groups in total. The van der Waals surface area contributed by atoms with Gasteiger partial charge in [0.15, 0.2) is 0 Å². The Bertz CT molecular complexity index is 386. The van der Waals surface area contributed by atoms with E-state index >= 15 is 0 Å². The number of hydrogen-bond donors (Lipinski definition) is 1. The van der Waals surface area contributed by atoms with Crippen LogP contribution in [0.1, 0.15) is 38.3 Å². The van der Waals surface area contributed by atoms with Gasteiger partial charge in [-0.3, -0.25) is 0 Å². The van der Waals surface area contributed by atoms with Crippen LogP contribution in [0.3, 0.4) is 0 Å². The van der Waals surface area contributed by atoms with E-state index < -0.39 is 0 Å². The second-order valence-electron chi connectivity index (χ2n) is 5.48. The van der Waals surface area contributed by atoms with E-state index in [1.165, 1.54) is 12.0 Å². The second kappa shape index (κ2) is 6.92. The molecule has 1 aromatic rings. The minimum atomic E-state index is 0.210. The summed E-state index contributed by atoms with van der Waals surface area (Å²) in [5.74, 6) is 1.50. The van der Waals surface area contributed by atoms with Gasteiger partial charge >= 0.3 is 0 Å². The van der Waals surface area contributed by atoms with Crippen LogP contribution in [0.2, 0.25) is 0 Å². The predicted molar refractivity (Wildman–Crippen MR) is 77.5 cm³/mol. The van der Waals surface area contributed by atoms with Crippen molar-refractivity contribution in [3.63, 3.8) is 0 Å². The zero-order valence-corrected chi connectivity index (χ0v) is 12.2. The molecule has 0 bridgehead atoms. The first-order valence-corrected chi connectivity index (χ1v) is 7.22. The number of rotatable bonds is 5. The molecule has 0 spiro atoms. The summed E-state index contributed by atoms with van der Waals surface area (Å²) in [4.78, 5) is 0. The van der Waals surface area contributed by atoms with Crippen molar-refractivity contribution in [1.82, 2.24) is 5.32 Å². The van der Waals surface area contributed by atoms with E-state index in [0.29, 0.717) is 12.0 Å². The van der Waals surface area contributed by atoms with Gasteiger partial charge in [-0.1, -0.05) is 12.1 Å². The van der Waals surface area contributed by atoms with Gasteiger partial charge in [0.05, 0.1) is 12.7 Å². The van der Waals surface area contributed by atoms with Crippen LogP contribution in [0.25, 0.3) is 0 Å². The van der Waals surface area contributed by atoms with E-state index in [2.05, 4.69) is 37.4 Å². The highest BCUT2D eigenvalue weighted by atomic mass is 16.5. The summed E-state index contributed by atoms with van der Waals surface area (Å²) < 4.78 is 11.4. The topological polar surface area (TPSA) is 30.5 Å². The number of ether oxygens (including phenoxy) is 2. The highest BCUT2D eigenvalue weighted by Crippen LogP contribution is 2.30. The number of benzene rings is 1. The van der Waals surface area contributed by atoms with Crippen molar-refractivity contribution < 1.29 is 9.47 Å². The van der Waals surface area contributed by atoms with Crippen molar-refractivity contribution in [2.45, 2.75) is 38.8 Å². The van der Waals surface area contributed by atoms with E-state index in [4.69, 9.17) is 9.47 Å². The summed E-state index contributed by atoms with van der Waals surface area (Å²) in [6.07, 6.45) is 2.59. The number of nitrogens with one attached hydrogen (secondary N) is 1. The van der Waals surface area contributed by atoms with Crippen molar-refractivity contribution in [2.75, 3.05) is 20.3 Å². The van der Waals surface area contributed by atoms with Crippen LogP contribution in [0.5, 0.6) is 5.75 Å². The molecule has 0 amide bonds. The molecule has 3 heteroatoms. The van der Waals surface area contributed by atoms with Crippen LogP contribution in [-0.2, 0) is 4.74 Å². The molecule has 2 atom stereocenters. The highest BCUT2D eigenvalue weighted by Gasteiger charge is 2.24. The van der Waals surface area contributed by atoms with E-state index in [0.717, 1.165) is 25.4 Å². The summed E-state index contributed by atoms with van der Waals surface area (Å²) in [6.45, 7) is 5.86. The van der Waals surface area contributed by atoms with Crippen LogP contribution in [0, 0.1) is 5.92 Å². The van der Waals surface area contributed by atoms with Crippen molar-refractivity contribution in [2.24, 2.45) is 5.92 Å².